The van der Waals surface area contributed by atoms with Crippen LogP contribution in [0.5, 0.6) is 0 Å². The Labute approximate surface area is 164 Å². The van der Waals surface area contributed by atoms with Crippen molar-refractivity contribution in [1.29, 1.82) is 0 Å². The van der Waals surface area contributed by atoms with Crippen LogP contribution in [0.15, 0.2) is 23.3 Å². The number of hydrogen-bond donors (Lipinski definition) is 2. The van der Waals surface area contributed by atoms with E-state index in [0.29, 0.717) is 19.0 Å². The molecule has 1 fully saturated rings. The molecule has 0 aromatic carbocycles. The third-order valence-electron chi connectivity index (χ3n) is 6.53. The van der Waals surface area contributed by atoms with Gasteiger partial charge in [-0.2, -0.15) is 0 Å². The number of carbonyl (C=O) groups is 1. The summed E-state index contributed by atoms with van der Waals surface area (Å²) in [6.45, 7) is 3.58. The molecule has 0 amide bonds. The van der Waals surface area contributed by atoms with Gasteiger partial charge in [-0.05, 0) is 67.9 Å². The van der Waals surface area contributed by atoms with Gasteiger partial charge < -0.3 is 10.00 Å². The van der Waals surface area contributed by atoms with Gasteiger partial charge in [-0.3, -0.25) is 9.36 Å². The second-order valence-corrected chi connectivity index (χ2v) is 11.1. The van der Waals surface area contributed by atoms with Crippen molar-refractivity contribution < 1.29 is 19.4 Å². The number of carbonyl (C=O) groups excluding carboxylic acids is 1. The van der Waals surface area contributed by atoms with Crippen molar-refractivity contribution in [1.82, 2.24) is 0 Å². The van der Waals surface area contributed by atoms with Crippen LogP contribution in [-0.2, 0) is 9.36 Å². The second-order valence-electron chi connectivity index (χ2n) is 8.59. The number of aliphatic hydroxyl groups is 1. The molecule has 4 nitrogen and oxygen atoms in total. The molecule has 0 aromatic rings. The summed E-state index contributed by atoms with van der Waals surface area (Å²) in [5.41, 5.74) is 2.25. The molecule has 2 rings (SSSR count). The van der Waals surface area contributed by atoms with Crippen molar-refractivity contribution >= 4 is 13.2 Å². The van der Waals surface area contributed by atoms with E-state index in [-0.39, 0.29) is 17.3 Å². The molecule has 154 valence electrons. The Morgan fingerprint density at radius 2 is 1.89 bits per heavy atom. The zero-order chi connectivity index (χ0) is 19.9. The number of hydrogen-bond acceptors (Lipinski definition) is 3. The summed E-state index contributed by atoms with van der Waals surface area (Å²) in [4.78, 5) is 21.5. The first-order valence-electron chi connectivity index (χ1n) is 10.7. The molecular formula is C22H37O4P. The van der Waals surface area contributed by atoms with E-state index in [0.717, 1.165) is 68.9 Å². The van der Waals surface area contributed by atoms with Crippen molar-refractivity contribution in [3.8, 4) is 0 Å². The molecule has 2 aliphatic carbocycles. The van der Waals surface area contributed by atoms with Crippen molar-refractivity contribution in [2.24, 2.45) is 5.41 Å². The summed E-state index contributed by atoms with van der Waals surface area (Å²) < 4.78 is 11.3. The monoisotopic (exact) mass is 396 g/mol. The zero-order valence-electron chi connectivity index (χ0n) is 17.1. The standard InChI is InChI=1S/C22H37O4P/c1-3-22(15-9-16-22)21(24)12-8-10-18-13-14-20(23)19(18)11-6-4-5-7-17-27(2,25)26/h8,10,21,24H,3-7,9,11-17H2,1-2H3,(H,25,26). The zero-order valence-corrected chi connectivity index (χ0v) is 18.0. The fourth-order valence-electron chi connectivity index (χ4n) is 4.42. The third kappa shape index (κ3) is 6.69. The maximum atomic E-state index is 12.2. The average Bonchev–Trinajstić information content (AvgIpc) is 2.90. The highest BCUT2D eigenvalue weighted by Crippen LogP contribution is 2.47. The molecule has 0 bridgehead atoms. The van der Waals surface area contributed by atoms with E-state index in [1.54, 1.807) is 0 Å². The topological polar surface area (TPSA) is 74.6 Å². The van der Waals surface area contributed by atoms with E-state index in [4.69, 9.17) is 0 Å². The molecule has 0 saturated heterocycles. The molecule has 0 aliphatic heterocycles. The minimum atomic E-state index is -2.88. The van der Waals surface area contributed by atoms with Crippen molar-refractivity contribution in [3.05, 3.63) is 23.3 Å². The normalized spacial score (nSPS) is 22.9. The maximum absolute atomic E-state index is 12.2. The first-order valence-corrected chi connectivity index (χ1v) is 13.0. The quantitative estimate of drug-likeness (QED) is 0.343. The molecule has 0 spiro atoms. The largest absolute Gasteiger partial charge is 0.392 e. The van der Waals surface area contributed by atoms with E-state index >= 15 is 0 Å². The molecule has 27 heavy (non-hydrogen) atoms. The van der Waals surface area contributed by atoms with Gasteiger partial charge in [0.2, 0.25) is 0 Å². The minimum absolute atomic E-state index is 0.129. The van der Waals surface area contributed by atoms with Crippen LogP contribution >= 0.6 is 7.37 Å². The van der Waals surface area contributed by atoms with Gasteiger partial charge in [-0.25, -0.2) is 0 Å². The summed E-state index contributed by atoms with van der Waals surface area (Å²) >= 11 is 0. The molecule has 0 radical (unpaired) electrons. The molecule has 1 saturated carbocycles. The van der Waals surface area contributed by atoms with E-state index in [1.165, 1.54) is 13.1 Å². The summed E-state index contributed by atoms with van der Waals surface area (Å²) in [6.07, 6.45) is 15.4. The van der Waals surface area contributed by atoms with Gasteiger partial charge >= 0.3 is 0 Å². The maximum Gasteiger partial charge on any atom is 0.197 e. The van der Waals surface area contributed by atoms with E-state index in [9.17, 15) is 19.4 Å². The number of Topliss-reactive ketones (excluding diaryl/α,β-unsaturated/α-hetero) is 1. The Morgan fingerprint density at radius 3 is 2.48 bits per heavy atom. The molecule has 5 heteroatoms. The third-order valence-corrected chi connectivity index (χ3v) is 7.68. The van der Waals surface area contributed by atoms with Crippen LogP contribution < -0.4 is 0 Å². The Bertz CT molecular complexity index is 604. The Kier molecular flexibility index (Phi) is 8.52. The van der Waals surface area contributed by atoms with Crippen molar-refractivity contribution in [2.75, 3.05) is 12.8 Å². The predicted octanol–water partition coefficient (Wildman–Crippen LogP) is 5.38. The molecule has 2 atom stereocenters. The fourth-order valence-corrected chi connectivity index (χ4v) is 5.23. The van der Waals surface area contributed by atoms with Gasteiger partial charge in [0.25, 0.3) is 0 Å². The number of rotatable bonds is 12. The Morgan fingerprint density at radius 1 is 1.19 bits per heavy atom. The fraction of sp³-hybridized carbons (Fsp3) is 0.773. The molecule has 2 aliphatic rings. The number of aliphatic hydroxyl groups excluding tert-OH is 1. The molecular weight excluding hydrogens is 359 g/mol. The van der Waals surface area contributed by atoms with Crippen LogP contribution in [0.3, 0.4) is 0 Å². The van der Waals surface area contributed by atoms with Crippen molar-refractivity contribution in [3.63, 3.8) is 0 Å². The number of unbranched alkanes of at least 4 members (excludes halogenated alkanes) is 3. The van der Waals surface area contributed by atoms with Crippen molar-refractivity contribution in [2.45, 2.75) is 90.1 Å². The van der Waals surface area contributed by atoms with E-state index in [1.807, 2.05) is 0 Å². The summed E-state index contributed by atoms with van der Waals surface area (Å²) in [6, 6.07) is 0. The van der Waals surface area contributed by atoms with Gasteiger partial charge in [0, 0.05) is 19.2 Å². The van der Waals surface area contributed by atoms with Crippen LogP contribution in [0.2, 0.25) is 0 Å². The van der Waals surface area contributed by atoms with E-state index in [2.05, 4.69) is 19.1 Å². The minimum Gasteiger partial charge on any atom is -0.392 e. The molecule has 0 heterocycles. The van der Waals surface area contributed by atoms with Crippen LogP contribution in [0, 0.1) is 5.41 Å². The molecule has 2 unspecified atom stereocenters. The summed E-state index contributed by atoms with van der Waals surface area (Å²) in [5.74, 6) is 0.271. The predicted molar refractivity (Wildman–Crippen MR) is 111 cm³/mol. The highest BCUT2D eigenvalue weighted by atomic mass is 31.2. The molecule has 2 N–H and O–H groups in total. The number of allylic oxidation sites excluding steroid dienone is 3. The highest BCUT2D eigenvalue weighted by molar-refractivity contribution is 7.57. The molecule has 0 aromatic heterocycles. The first-order chi connectivity index (χ1) is 12.8. The van der Waals surface area contributed by atoms with Gasteiger partial charge in [0.05, 0.1) is 6.10 Å². The van der Waals surface area contributed by atoms with Gasteiger partial charge in [0.15, 0.2) is 13.2 Å². The lowest BCUT2D eigenvalue weighted by Crippen LogP contribution is -2.40. The summed E-state index contributed by atoms with van der Waals surface area (Å²) in [7, 11) is -2.88. The van der Waals surface area contributed by atoms with Crippen LogP contribution in [-0.4, -0.2) is 34.7 Å². The number of ketones is 1. The van der Waals surface area contributed by atoms with Gasteiger partial charge in [0.1, 0.15) is 0 Å². The lowest BCUT2D eigenvalue weighted by molar-refractivity contribution is -0.115. The summed E-state index contributed by atoms with van der Waals surface area (Å²) in [5, 5.41) is 10.5. The Balaban J connectivity index is 1.78. The van der Waals surface area contributed by atoms with E-state index < -0.39 is 7.37 Å². The lowest BCUT2D eigenvalue weighted by atomic mass is 9.63. The average molecular weight is 397 g/mol. The van der Waals surface area contributed by atoms with Crippen LogP contribution in [0.4, 0.5) is 0 Å². The highest BCUT2D eigenvalue weighted by Gasteiger charge is 2.40. The second kappa shape index (κ2) is 10.2. The van der Waals surface area contributed by atoms with Gasteiger partial charge in [-0.1, -0.05) is 38.3 Å². The Hall–Kier alpha value is -0.700. The van der Waals surface area contributed by atoms with Crippen LogP contribution in [0.25, 0.3) is 0 Å². The first kappa shape index (κ1) is 22.6. The smallest absolute Gasteiger partial charge is 0.197 e. The van der Waals surface area contributed by atoms with Crippen LogP contribution in [0.1, 0.15) is 84.0 Å². The SMILES string of the molecule is CCC1(C(O)CC=CC2=C(CCCCCCP(C)(=O)O)C(=O)CC2)CCC1. The van der Waals surface area contributed by atoms with Gasteiger partial charge in [-0.15, -0.1) is 0 Å². The lowest BCUT2D eigenvalue weighted by Gasteiger charge is -2.45.